The van der Waals surface area contributed by atoms with Crippen molar-refractivity contribution in [2.75, 3.05) is 7.11 Å². The number of ether oxygens (including phenoxy) is 1. The van der Waals surface area contributed by atoms with Gasteiger partial charge in [-0.25, -0.2) is 0 Å². The molecule has 0 aromatic carbocycles. The SMILES string of the molecule is COC(=O)C/C=C/C[C@H]1CCCCC1=O. The van der Waals surface area contributed by atoms with Crippen LogP contribution < -0.4 is 0 Å². The molecule has 3 nitrogen and oxygen atoms in total. The van der Waals surface area contributed by atoms with Crippen LogP contribution in [0.2, 0.25) is 0 Å². The molecule has 0 amide bonds. The van der Waals surface area contributed by atoms with E-state index in [0.717, 1.165) is 32.1 Å². The fourth-order valence-electron chi connectivity index (χ4n) is 1.83. The Labute approximate surface area is 90.5 Å². The molecule has 0 heterocycles. The topological polar surface area (TPSA) is 43.4 Å². The average Bonchev–Trinajstić information content (AvgIpc) is 2.26. The highest BCUT2D eigenvalue weighted by atomic mass is 16.5. The lowest BCUT2D eigenvalue weighted by atomic mass is 9.86. The molecule has 0 aromatic rings. The van der Waals surface area contributed by atoms with Crippen LogP contribution >= 0.6 is 0 Å². The number of allylic oxidation sites excluding steroid dienone is 1. The predicted molar refractivity (Wildman–Crippen MR) is 57.4 cm³/mol. The van der Waals surface area contributed by atoms with Crippen molar-refractivity contribution in [3.8, 4) is 0 Å². The van der Waals surface area contributed by atoms with Crippen molar-refractivity contribution in [3.63, 3.8) is 0 Å². The van der Waals surface area contributed by atoms with Crippen LogP contribution in [0, 0.1) is 5.92 Å². The smallest absolute Gasteiger partial charge is 0.309 e. The molecular formula is C12H18O3. The molecule has 15 heavy (non-hydrogen) atoms. The highest BCUT2D eigenvalue weighted by Crippen LogP contribution is 2.23. The van der Waals surface area contributed by atoms with Gasteiger partial charge in [-0.15, -0.1) is 0 Å². The molecule has 0 aromatic heterocycles. The lowest BCUT2D eigenvalue weighted by Gasteiger charge is -2.18. The molecule has 84 valence electrons. The van der Waals surface area contributed by atoms with Crippen molar-refractivity contribution in [1.29, 1.82) is 0 Å². The highest BCUT2D eigenvalue weighted by Gasteiger charge is 2.20. The first-order valence-corrected chi connectivity index (χ1v) is 5.48. The van der Waals surface area contributed by atoms with Crippen molar-refractivity contribution in [2.24, 2.45) is 5.92 Å². The Bertz CT molecular complexity index is 256. The molecule has 1 saturated carbocycles. The first-order chi connectivity index (χ1) is 7.24. The van der Waals surface area contributed by atoms with Gasteiger partial charge in [0.05, 0.1) is 13.5 Å². The predicted octanol–water partition coefficient (Wildman–Crippen LogP) is 2.26. The van der Waals surface area contributed by atoms with E-state index in [0.29, 0.717) is 12.2 Å². The first kappa shape index (κ1) is 12.0. The van der Waals surface area contributed by atoms with Crippen LogP contribution in [0.15, 0.2) is 12.2 Å². The van der Waals surface area contributed by atoms with Crippen molar-refractivity contribution < 1.29 is 14.3 Å². The minimum atomic E-state index is -0.235. The molecule has 0 saturated heterocycles. The fourth-order valence-corrected chi connectivity index (χ4v) is 1.83. The minimum Gasteiger partial charge on any atom is -0.469 e. The second-order valence-corrected chi connectivity index (χ2v) is 3.90. The summed E-state index contributed by atoms with van der Waals surface area (Å²) in [7, 11) is 1.38. The minimum absolute atomic E-state index is 0.188. The first-order valence-electron chi connectivity index (χ1n) is 5.48. The van der Waals surface area contributed by atoms with Gasteiger partial charge in [0.1, 0.15) is 5.78 Å². The van der Waals surface area contributed by atoms with Crippen LogP contribution in [0.25, 0.3) is 0 Å². The van der Waals surface area contributed by atoms with Crippen LogP contribution in [0.4, 0.5) is 0 Å². The summed E-state index contributed by atoms with van der Waals surface area (Å²) in [6.45, 7) is 0. The van der Waals surface area contributed by atoms with Gasteiger partial charge in [-0.3, -0.25) is 9.59 Å². The summed E-state index contributed by atoms with van der Waals surface area (Å²) >= 11 is 0. The number of rotatable bonds is 4. The Morgan fingerprint density at radius 3 is 2.93 bits per heavy atom. The van der Waals surface area contributed by atoms with E-state index in [2.05, 4.69) is 4.74 Å². The molecular weight excluding hydrogens is 192 g/mol. The van der Waals surface area contributed by atoms with Crippen LogP contribution in [-0.2, 0) is 14.3 Å². The van der Waals surface area contributed by atoms with Crippen LogP contribution in [-0.4, -0.2) is 18.9 Å². The van der Waals surface area contributed by atoms with E-state index >= 15 is 0 Å². The summed E-state index contributed by atoms with van der Waals surface area (Å²) in [5.41, 5.74) is 0. The second-order valence-electron chi connectivity index (χ2n) is 3.90. The molecule has 0 N–H and O–H groups in total. The maximum atomic E-state index is 11.5. The summed E-state index contributed by atoms with van der Waals surface area (Å²) in [5, 5.41) is 0. The largest absolute Gasteiger partial charge is 0.469 e. The maximum absolute atomic E-state index is 11.5. The summed E-state index contributed by atoms with van der Waals surface area (Å²) < 4.78 is 4.51. The molecule has 1 rings (SSSR count). The monoisotopic (exact) mass is 210 g/mol. The number of hydrogen-bond acceptors (Lipinski definition) is 3. The Morgan fingerprint density at radius 2 is 2.27 bits per heavy atom. The lowest BCUT2D eigenvalue weighted by Crippen LogP contribution is -2.18. The van der Waals surface area contributed by atoms with Crippen molar-refractivity contribution >= 4 is 11.8 Å². The molecule has 1 aliphatic carbocycles. The Morgan fingerprint density at radius 1 is 1.47 bits per heavy atom. The number of carbonyl (C=O) groups excluding carboxylic acids is 2. The number of esters is 1. The number of carbonyl (C=O) groups is 2. The van der Waals surface area contributed by atoms with Gasteiger partial charge in [0, 0.05) is 12.3 Å². The van der Waals surface area contributed by atoms with Gasteiger partial charge in [0.15, 0.2) is 0 Å². The Hall–Kier alpha value is -1.12. The van der Waals surface area contributed by atoms with E-state index in [1.54, 1.807) is 6.08 Å². The lowest BCUT2D eigenvalue weighted by molar-refractivity contribution is -0.139. The molecule has 0 aliphatic heterocycles. The van der Waals surface area contributed by atoms with E-state index < -0.39 is 0 Å². The third kappa shape index (κ3) is 4.28. The standard InChI is InChI=1S/C12H18O3/c1-15-12(14)9-5-3-7-10-6-2-4-8-11(10)13/h3,5,10H,2,4,6-9H2,1H3/b5-3+/t10-/m1/s1. The molecule has 1 aliphatic rings. The molecule has 0 unspecified atom stereocenters. The van der Waals surface area contributed by atoms with Gasteiger partial charge in [0.25, 0.3) is 0 Å². The van der Waals surface area contributed by atoms with Crippen molar-refractivity contribution in [3.05, 3.63) is 12.2 Å². The summed E-state index contributed by atoms with van der Waals surface area (Å²) in [6.07, 6.45) is 8.71. The van der Waals surface area contributed by atoms with E-state index in [-0.39, 0.29) is 11.9 Å². The Kier molecular flexibility index (Phi) is 5.08. The van der Waals surface area contributed by atoms with Gasteiger partial charge >= 0.3 is 5.97 Å². The second kappa shape index (κ2) is 6.38. The zero-order chi connectivity index (χ0) is 11.1. The van der Waals surface area contributed by atoms with E-state index in [1.165, 1.54) is 7.11 Å². The number of ketones is 1. The molecule has 1 fully saturated rings. The number of methoxy groups -OCH3 is 1. The fraction of sp³-hybridized carbons (Fsp3) is 0.667. The van der Waals surface area contributed by atoms with Crippen LogP contribution in [0.3, 0.4) is 0 Å². The third-order valence-corrected chi connectivity index (χ3v) is 2.78. The summed E-state index contributed by atoms with van der Waals surface area (Å²) in [6, 6.07) is 0. The summed E-state index contributed by atoms with van der Waals surface area (Å²) in [4.78, 5) is 22.2. The molecule has 1 atom stereocenters. The highest BCUT2D eigenvalue weighted by molar-refractivity contribution is 5.81. The summed E-state index contributed by atoms with van der Waals surface area (Å²) in [5.74, 6) is 0.331. The van der Waals surface area contributed by atoms with E-state index in [4.69, 9.17) is 0 Å². The molecule has 0 spiro atoms. The van der Waals surface area contributed by atoms with Gasteiger partial charge in [-0.2, -0.15) is 0 Å². The normalized spacial score (nSPS) is 21.9. The molecule has 0 bridgehead atoms. The van der Waals surface area contributed by atoms with Crippen LogP contribution in [0.1, 0.15) is 38.5 Å². The van der Waals surface area contributed by atoms with Gasteiger partial charge in [-0.1, -0.05) is 18.6 Å². The number of Topliss-reactive ketones (excluding diaryl/α,β-unsaturated/α-hetero) is 1. The zero-order valence-electron chi connectivity index (χ0n) is 9.20. The molecule has 3 heteroatoms. The average molecular weight is 210 g/mol. The van der Waals surface area contributed by atoms with Crippen LogP contribution in [0.5, 0.6) is 0 Å². The quantitative estimate of drug-likeness (QED) is 0.528. The van der Waals surface area contributed by atoms with E-state index in [1.807, 2.05) is 6.08 Å². The van der Waals surface area contributed by atoms with Gasteiger partial charge < -0.3 is 4.74 Å². The van der Waals surface area contributed by atoms with E-state index in [9.17, 15) is 9.59 Å². The maximum Gasteiger partial charge on any atom is 0.309 e. The van der Waals surface area contributed by atoms with Crippen molar-refractivity contribution in [1.82, 2.24) is 0 Å². The number of hydrogen-bond donors (Lipinski definition) is 0. The Balaban J connectivity index is 2.23. The van der Waals surface area contributed by atoms with Gasteiger partial charge in [-0.05, 0) is 19.3 Å². The molecule has 0 radical (unpaired) electrons. The third-order valence-electron chi connectivity index (χ3n) is 2.78. The van der Waals surface area contributed by atoms with Gasteiger partial charge in [0.2, 0.25) is 0 Å². The zero-order valence-corrected chi connectivity index (χ0v) is 9.20. The van der Waals surface area contributed by atoms with Crippen molar-refractivity contribution in [2.45, 2.75) is 38.5 Å².